The highest BCUT2D eigenvalue weighted by Crippen LogP contribution is 2.12. The van der Waals surface area contributed by atoms with Crippen molar-refractivity contribution in [2.24, 2.45) is 10.7 Å². The van der Waals surface area contributed by atoms with E-state index in [-0.39, 0.29) is 24.0 Å². The van der Waals surface area contributed by atoms with Crippen LogP contribution in [0.1, 0.15) is 23.9 Å². The summed E-state index contributed by atoms with van der Waals surface area (Å²) < 4.78 is 5.03. The summed E-state index contributed by atoms with van der Waals surface area (Å²) in [5.74, 6) is 1.19. The van der Waals surface area contributed by atoms with Crippen LogP contribution in [0.2, 0.25) is 0 Å². The van der Waals surface area contributed by atoms with Gasteiger partial charge < -0.3 is 15.6 Å². The van der Waals surface area contributed by atoms with Crippen molar-refractivity contribution in [2.75, 3.05) is 6.54 Å². The topological polar surface area (TPSA) is 76.4 Å². The second-order valence-electron chi connectivity index (χ2n) is 3.81. The lowest BCUT2D eigenvalue weighted by molar-refractivity contribution is 0.392. The Labute approximate surface area is 119 Å². The van der Waals surface area contributed by atoms with Crippen LogP contribution in [0.5, 0.6) is 0 Å². The first-order valence-electron chi connectivity index (χ1n) is 5.10. The van der Waals surface area contributed by atoms with E-state index in [1.165, 1.54) is 0 Å². The molecular weight excluding hydrogens is 331 g/mol. The number of hydrogen-bond donors (Lipinski definition) is 2. The highest BCUT2D eigenvalue weighted by Gasteiger charge is 2.07. The van der Waals surface area contributed by atoms with Gasteiger partial charge >= 0.3 is 0 Å². The zero-order valence-electron chi connectivity index (χ0n) is 10.4. The number of aryl methyl sites for hydroxylation is 2. The van der Waals surface area contributed by atoms with Gasteiger partial charge in [-0.15, -0.1) is 24.0 Å². The molecule has 3 N–H and O–H groups in total. The summed E-state index contributed by atoms with van der Waals surface area (Å²) in [6.45, 7) is 10.6. The molecule has 1 aromatic rings. The van der Waals surface area contributed by atoms with Crippen LogP contribution in [0.25, 0.3) is 0 Å². The quantitative estimate of drug-likeness (QED) is 0.376. The SMILES string of the molecule is C=C(C)CNC(N)=NCc1c(C)noc1C.I. The van der Waals surface area contributed by atoms with Gasteiger partial charge in [0.1, 0.15) is 5.76 Å². The molecule has 0 saturated heterocycles. The van der Waals surface area contributed by atoms with Crippen molar-refractivity contribution in [2.45, 2.75) is 27.3 Å². The van der Waals surface area contributed by atoms with E-state index in [0.29, 0.717) is 19.0 Å². The molecular formula is C11H19IN4O. The molecule has 0 bridgehead atoms. The van der Waals surface area contributed by atoms with E-state index in [2.05, 4.69) is 22.0 Å². The van der Waals surface area contributed by atoms with Crippen molar-refractivity contribution in [1.82, 2.24) is 10.5 Å². The van der Waals surface area contributed by atoms with Gasteiger partial charge in [-0.25, -0.2) is 4.99 Å². The first-order valence-corrected chi connectivity index (χ1v) is 5.10. The van der Waals surface area contributed by atoms with Crippen molar-refractivity contribution >= 4 is 29.9 Å². The summed E-state index contributed by atoms with van der Waals surface area (Å²) in [6.07, 6.45) is 0. The predicted molar refractivity (Wildman–Crippen MR) is 79.5 cm³/mol. The first-order chi connectivity index (χ1) is 7.50. The maximum Gasteiger partial charge on any atom is 0.189 e. The second kappa shape index (κ2) is 7.31. The average Bonchev–Trinajstić information content (AvgIpc) is 2.53. The Kier molecular flexibility index (Phi) is 6.86. The molecule has 0 radical (unpaired) electrons. The minimum absolute atomic E-state index is 0. The van der Waals surface area contributed by atoms with Gasteiger partial charge in [-0.05, 0) is 20.8 Å². The van der Waals surface area contributed by atoms with Crippen LogP contribution in [0.15, 0.2) is 21.7 Å². The number of nitrogens with one attached hydrogen (secondary N) is 1. The summed E-state index contributed by atoms with van der Waals surface area (Å²) in [5.41, 5.74) is 8.54. The lowest BCUT2D eigenvalue weighted by Gasteiger charge is -2.04. The molecule has 0 aliphatic rings. The van der Waals surface area contributed by atoms with E-state index in [0.717, 1.165) is 22.6 Å². The Morgan fingerprint density at radius 1 is 1.53 bits per heavy atom. The molecule has 0 amide bonds. The molecule has 0 aliphatic heterocycles. The number of halogens is 1. The number of rotatable bonds is 4. The van der Waals surface area contributed by atoms with Crippen molar-refractivity contribution in [1.29, 1.82) is 0 Å². The fraction of sp³-hybridized carbons (Fsp3) is 0.455. The smallest absolute Gasteiger partial charge is 0.189 e. The molecule has 0 atom stereocenters. The minimum Gasteiger partial charge on any atom is -0.370 e. The third-order valence-electron chi connectivity index (χ3n) is 2.16. The van der Waals surface area contributed by atoms with Crippen molar-refractivity contribution in [3.8, 4) is 0 Å². The van der Waals surface area contributed by atoms with Gasteiger partial charge in [0.05, 0.1) is 12.2 Å². The number of nitrogens with two attached hydrogens (primary N) is 1. The molecule has 0 aromatic carbocycles. The summed E-state index contributed by atoms with van der Waals surface area (Å²) in [5, 5.41) is 6.81. The fourth-order valence-electron chi connectivity index (χ4n) is 1.19. The fourth-order valence-corrected chi connectivity index (χ4v) is 1.19. The Hall–Kier alpha value is -1.05. The van der Waals surface area contributed by atoms with Crippen LogP contribution in [0.4, 0.5) is 0 Å². The zero-order chi connectivity index (χ0) is 12.1. The van der Waals surface area contributed by atoms with Crippen molar-refractivity contribution < 1.29 is 4.52 Å². The molecule has 1 rings (SSSR count). The molecule has 17 heavy (non-hydrogen) atoms. The van der Waals surface area contributed by atoms with E-state index in [4.69, 9.17) is 10.3 Å². The number of nitrogens with zero attached hydrogens (tertiary/aromatic N) is 2. The third kappa shape index (κ3) is 5.20. The summed E-state index contributed by atoms with van der Waals surface area (Å²) in [6, 6.07) is 0. The largest absolute Gasteiger partial charge is 0.370 e. The van der Waals surface area contributed by atoms with Crippen molar-refractivity contribution in [3.63, 3.8) is 0 Å². The van der Waals surface area contributed by atoms with Gasteiger partial charge in [0.15, 0.2) is 5.96 Å². The number of guanidine groups is 1. The Balaban J connectivity index is 0.00000256. The van der Waals surface area contributed by atoms with Crippen LogP contribution in [-0.2, 0) is 6.54 Å². The third-order valence-corrected chi connectivity index (χ3v) is 2.16. The zero-order valence-corrected chi connectivity index (χ0v) is 12.7. The molecule has 1 aromatic heterocycles. The standard InChI is InChI=1S/C11H18N4O.HI/c1-7(2)5-13-11(12)14-6-10-8(3)15-16-9(10)4;/h1,5-6H2,2-4H3,(H3,12,13,14);1H. The molecule has 0 aliphatic carbocycles. The van der Waals surface area contributed by atoms with Gasteiger partial charge in [-0.1, -0.05) is 17.3 Å². The van der Waals surface area contributed by atoms with Gasteiger partial charge in [0.2, 0.25) is 0 Å². The molecule has 0 spiro atoms. The normalized spacial score (nSPS) is 10.9. The van der Waals surface area contributed by atoms with E-state index in [9.17, 15) is 0 Å². The summed E-state index contributed by atoms with van der Waals surface area (Å²) in [7, 11) is 0. The van der Waals surface area contributed by atoms with Crippen LogP contribution in [-0.4, -0.2) is 17.7 Å². The van der Waals surface area contributed by atoms with Crippen LogP contribution >= 0.6 is 24.0 Å². The molecule has 0 unspecified atom stereocenters. The van der Waals surface area contributed by atoms with Gasteiger partial charge in [-0.2, -0.15) is 0 Å². The first kappa shape index (κ1) is 16.0. The maximum atomic E-state index is 5.69. The second-order valence-corrected chi connectivity index (χ2v) is 3.81. The van der Waals surface area contributed by atoms with E-state index in [1.54, 1.807) is 0 Å². The van der Waals surface area contributed by atoms with E-state index < -0.39 is 0 Å². The number of hydrogen-bond acceptors (Lipinski definition) is 3. The average molecular weight is 350 g/mol. The Morgan fingerprint density at radius 2 is 2.18 bits per heavy atom. The summed E-state index contributed by atoms with van der Waals surface area (Å²) in [4.78, 5) is 4.20. The highest BCUT2D eigenvalue weighted by molar-refractivity contribution is 14.0. The van der Waals surface area contributed by atoms with Crippen LogP contribution in [0, 0.1) is 13.8 Å². The van der Waals surface area contributed by atoms with Gasteiger partial charge in [-0.3, -0.25) is 0 Å². The van der Waals surface area contributed by atoms with Crippen LogP contribution < -0.4 is 11.1 Å². The number of aliphatic imine (C=N–C) groups is 1. The van der Waals surface area contributed by atoms with Crippen molar-refractivity contribution in [3.05, 3.63) is 29.2 Å². The van der Waals surface area contributed by atoms with Gasteiger partial charge in [0.25, 0.3) is 0 Å². The van der Waals surface area contributed by atoms with E-state index >= 15 is 0 Å². The molecule has 96 valence electrons. The minimum atomic E-state index is 0. The predicted octanol–water partition coefficient (Wildman–Crippen LogP) is 1.89. The molecule has 0 fully saturated rings. The van der Waals surface area contributed by atoms with E-state index in [1.807, 2.05) is 20.8 Å². The maximum absolute atomic E-state index is 5.69. The monoisotopic (exact) mass is 350 g/mol. The van der Waals surface area contributed by atoms with Gasteiger partial charge in [0, 0.05) is 12.1 Å². The summed E-state index contributed by atoms with van der Waals surface area (Å²) >= 11 is 0. The molecule has 6 heteroatoms. The lowest BCUT2D eigenvalue weighted by atomic mass is 10.2. The molecule has 0 saturated carbocycles. The Bertz CT molecular complexity index is 392. The number of aromatic nitrogens is 1. The lowest BCUT2D eigenvalue weighted by Crippen LogP contribution is -2.32. The van der Waals surface area contributed by atoms with Crippen LogP contribution in [0.3, 0.4) is 0 Å². The Morgan fingerprint density at radius 3 is 2.65 bits per heavy atom. The highest BCUT2D eigenvalue weighted by atomic mass is 127. The molecule has 5 nitrogen and oxygen atoms in total. The molecule has 1 heterocycles.